The highest BCUT2D eigenvalue weighted by Crippen LogP contribution is 2.25. The monoisotopic (exact) mass is 384 g/mol. The first-order chi connectivity index (χ1) is 13.2. The van der Waals surface area contributed by atoms with Crippen LogP contribution in [0.5, 0.6) is 5.75 Å². The summed E-state index contributed by atoms with van der Waals surface area (Å²) in [6.45, 7) is 2.37. The smallest absolute Gasteiger partial charge is 0.228 e. The Hall–Kier alpha value is -2.87. The van der Waals surface area contributed by atoms with Crippen LogP contribution in [0, 0.1) is 0 Å². The van der Waals surface area contributed by atoms with E-state index < -0.39 is 0 Å². The summed E-state index contributed by atoms with van der Waals surface area (Å²) in [6, 6.07) is 7.77. The number of aromatic nitrogens is 2. The van der Waals surface area contributed by atoms with E-state index in [9.17, 15) is 9.59 Å². The number of imidazole rings is 1. The molecule has 1 aromatic carbocycles. The van der Waals surface area contributed by atoms with Crippen molar-refractivity contribution in [1.29, 1.82) is 0 Å². The second-order valence-electron chi connectivity index (χ2n) is 6.43. The second-order valence-corrected chi connectivity index (χ2v) is 7.27. The summed E-state index contributed by atoms with van der Waals surface area (Å²) in [5.41, 5.74) is 2.82. The maximum atomic E-state index is 12.6. The zero-order chi connectivity index (χ0) is 18.8. The molecule has 8 heteroatoms. The van der Waals surface area contributed by atoms with Gasteiger partial charge in [0.05, 0.1) is 19.2 Å². The molecule has 7 nitrogen and oxygen atoms in total. The van der Waals surface area contributed by atoms with E-state index in [0.29, 0.717) is 32.6 Å². The number of carbonyl (C=O) groups excluding carboxylic acids is 2. The molecule has 0 N–H and O–H groups in total. The molecule has 0 bridgehead atoms. The van der Waals surface area contributed by atoms with Crippen molar-refractivity contribution in [2.24, 2.45) is 0 Å². The lowest BCUT2D eigenvalue weighted by Gasteiger charge is -2.32. The predicted molar refractivity (Wildman–Crippen MR) is 103 cm³/mol. The van der Waals surface area contributed by atoms with E-state index in [1.807, 2.05) is 45.1 Å². The van der Waals surface area contributed by atoms with Crippen LogP contribution in [0.4, 0.5) is 0 Å². The molecule has 0 unspecified atom stereocenters. The van der Waals surface area contributed by atoms with Crippen LogP contribution >= 0.6 is 11.3 Å². The van der Waals surface area contributed by atoms with Crippen LogP contribution in [0.3, 0.4) is 0 Å². The number of piperazine rings is 1. The molecular formula is C19H20N4O3S. The number of carbonyl (C=O) groups is 2. The van der Waals surface area contributed by atoms with Gasteiger partial charge in [-0.05, 0) is 24.3 Å². The lowest BCUT2D eigenvalue weighted by Crippen LogP contribution is -2.48. The van der Waals surface area contributed by atoms with Crippen LogP contribution < -0.4 is 4.74 Å². The topological polar surface area (TPSA) is 67.2 Å². The van der Waals surface area contributed by atoms with Gasteiger partial charge in [-0.25, -0.2) is 4.98 Å². The van der Waals surface area contributed by atoms with E-state index in [1.54, 1.807) is 12.0 Å². The zero-order valence-electron chi connectivity index (χ0n) is 15.0. The maximum absolute atomic E-state index is 12.6. The molecule has 27 heavy (non-hydrogen) atoms. The third-order valence-electron chi connectivity index (χ3n) is 4.82. The minimum atomic E-state index is 0.0833. The standard InChI is InChI=1S/C19H20N4O3S/c1-26-16-4-2-14(3-5-16)17-11-23-15(12-27-19(23)20-17)10-18(25)22-8-6-21(13-24)7-9-22/h2-5,11-13H,6-10H2,1H3. The molecule has 1 saturated heterocycles. The van der Waals surface area contributed by atoms with E-state index in [2.05, 4.69) is 4.98 Å². The molecule has 2 amide bonds. The molecule has 2 aromatic heterocycles. The maximum Gasteiger partial charge on any atom is 0.228 e. The number of hydrogen-bond donors (Lipinski definition) is 0. The molecular weight excluding hydrogens is 364 g/mol. The van der Waals surface area contributed by atoms with Gasteiger partial charge < -0.3 is 14.5 Å². The highest BCUT2D eigenvalue weighted by molar-refractivity contribution is 7.15. The van der Waals surface area contributed by atoms with Crippen LogP contribution in [-0.4, -0.2) is 64.8 Å². The van der Waals surface area contributed by atoms with Gasteiger partial charge in [-0.2, -0.15) is 0 Å². The van der Waals surface area contributed by atoms with Gasteiger partial charge in [0.1, 0.15) is 5.75 Å². The highest BCUT2D eigenvalue weighted by Gasteiger charge is 2.21. The van der Waals surface area contributed by atoms with Crippen molar-refractivity contribution in [3.8, 4) is 17.0 Å². The largest absolute Gasteiger partial charge is 0.497 e. The summed E-state index contributed by atoms with van der Waals surface area (Å²) in [5.74, 6) is 0.890. The van der Waals surface area contributed by atoms with Crippen molar-refractivity contribution in [3.05, 3.63) is 41.5 Å². The SMILES string of the molecule is COc1ccc(-c2cn3c(CC(=O)N4CCN(C=O)CC4)csc3n2)cc1. The summed E-state index contributed by atoms with van der Waals surface area (Å²) in [5, 5.41) is 1.99. The molecule has 1 fully saturated rings. The average Bonchev–Trinajstić information content (AvgIpc) is 3.30. The number of nitrogens with zero attached hydrogens (tertiary/aromatic N) is 4. The minimum absolute atomic E-state index is 0.0833. The van der Waals surface area contributed by atoms with Crippen molar-refractivity contribution in [2.75, 3.05) is 33.3 Å². The number of thiazole rings is 1. The van der Waals surface area contributed by atoms with Gasteiger partial charge in [0.2, 0.25) is 12.3 Å². The molecule has 1 aliphatic rings. The van der Waals surface area contributed by atoms with Gasteiger partial charge in [-0.15, -0.1) is 11.3 Å². The van der Waals surface area contributed by atoms with E-state index >= 15 is 0 Å². The number of fused-ring (bicyclic) bond motifs is 1. The van der Waals surface area contributed by atoms with Crippen LogP contribution in [0.2, 0.25) is 0 Å². The minimum Gasteiger partial charge on any atom is -0.497 e. The lowest BCUT2D eigenvalue weighted by atomic mass is 10.1. The van der Waals surface area contributed by atoms with Crippen molar-refractivity contribution >= 4 is 28.6 Å². The van der Waals surface area contributed by atoms with Crippen LogP contribution in [0.25, 0.3) is 16.2 Å². The second kappa shape index (κ2) is 7.40. The normalized spacial score (nSPS) is 14.6. The fraction of sp³-hybridized carbons (Fsp3) is 0.316. The molecule has 0 radical (unpaired) electrons. The van der Waals surface area contributed by atoms with Gasteiger partial charge in [0.25, 0.3) is 0 Å². The van der Waals surface area contributed by atoms with Gasteiger partial charge in [0, 0.05) is 49.0 Å². The number of amides is 2. The first kappa shape index (κ1) is 17.5. The predicted octanol–water partition coefficient (Wildman–Crippen LogP) is 1.91. The summed E-state index contributed by atoms with van der Waals surface area (Å²) in [6.07, 6.45) is 3.15. The summed E-state index contributed by atoms with van der Waals surface area (Å²) < 4.78 is 7.19. The Morgan fingerprint density at radius 1 is 1.22 bits per heavy atom. The van der Waals surface area contributed by atoms with Gasteiger partial charge >= 0.3 is 0 Å². The molecule has 0 atom stereocenters. The first-order valence-corrected chi connectivity index (χ1v) is 9.63. The molecule has 3 heterocycles. The fourth-order valence-electron chi connectivity index (χ4n) is 3.20. The first-order valence-electron chi connectivity index (χ1n) is 8.75. The lowest BCUT2D eigenvalue weighted by molar-refractivity contribution is -0.134. The Balaban J connectivity index is 1.50. The Labute approximate surface area is 160 Å². The molecule has 1 aliphatic heterocycles. The average molecular weight is 384 g/mol. The van der Waals surface area contributed by atoms with Gasteiger partial charge in [0.15, 0.2) is 4.96 Å². The van der Waals surface area contributed by atoms with E-state index in [4.69, 9.17) is 4.74 Å². The number of ether oxygens (including phenoxy) is 1. The summed E-state index contributed by atoms with van der Waals surface area (Å²) >= 11 is 1.53. The van der Waals surface area contributed by atoms with Crippen molar-refractivity contribution in [3.63, 3.8) is 0 Å². The number of benzene rings is 1. The number of methoxy groups -OCH3 is 1. The van der Waals surface area contributed by atoms with Crippen molar-refractivity contribution in [2.45, 2.75) is 6.42 Å². The van der Waals surface area contributed by atoms with Gasteiger partial charge in [-0.1, -0.05) is 0 Å². The van der Waals surface area contributed by atoms with E-state index in [-0.39, 0.29) is 5.91 Å². The fourth-order valence-corrected chi connectivity index (χ4v) is 4.07. The summed E-state index contributed by atoms with van der Waals surface area (Å²) in [7, 11) is 1.64. The van der Waals surface area contributed by atoms with Crippen molar-refractivity contribution < 1.29 is 14.3 Å². The van der Waals surface area contributed by atoms with Crippen LogP contribution in [0.15, 0.2) is 35.8 Å². The molecule has 0 spiro atoms. The molecule has 0 saturated carbocycles. The highest BCUT2D eigenvalue weighted by atomic mass is 32.1. The Morgan fingerprint density at radius 2 is 1.96 bits per heavy atom. The molecule has 140 valence electrons. The summed E-state index contributed by atoms with van der Waals surface area (Å²) in [4.78, 5) is 32.5. The number of rotatable bonds is 5. The molecule has 3 aromatic rings. The zero-order valence-corrected chi connectivity index (χ0v) is 15.8. The molecule has 0 aliphatic carbocycles. The Morgan fingerprint density at radius 3 is 2.63 bits per heavy atom. The van der Waals surface area contributed by atoms with E-state index in [0.717, 1.165) is 34.1 Å². The van der Waals surface area contributed by atoms with Crippen LogP contribution in [-0.2, 0) is 16.0 Å². The third-order valence-corrected chi connectivity index (χ3v) is 5.71. The Kier molecular flexibility index (Phi) is 4.81. The third kappa shape index (κ3) is 3.52. The Bertz CT molecular complexity index is 955. The van der Waals surface area contributed by atoms with Crippen LogP contribution in [0.1, 0.15) is 5.69 Å². The van der Waals surface area contributed by atoms with Gasteiger partial charge in [-0.3, -0.25) is 14.0 Å². The van der Waals surface area contributed by atoms with E-state index in [1.165, 1.54) is 11.3 Å². The number of hydrogen-bond acceptors (Lipinski definition) is 5. The molecule has 4 rings (SSSR count). The van der Waals surface area contributed by atoms with Crippen molar-refractivity contribution in [1.82, 2.24) is 19.2 Å². The quantitative estimate of drug-likeness (QED) is 0.631.